The van der Waals surface area contributed by atoms with Gasteiger partial charge in [-0.3, -0.25) is 5.32 Å². The molecule has 1 amide bonds. The lowest BCUT2D eigenvalue weighted by Gasteiger charge is -2.18. The zero-order valence-corrected chi connectivity index (χ0v) is 10.9. The minimum absolute atomic E-state index is 0.0224. The van der Waals surface area contributed by atoms with Gasteiger partial charge in [-0.1, -0.05) is 16.8 Å². The Bertz CT molecular complexity index is 438. The number of carbonyl (C=O) groups excluding carboxylic acids is 2. The van der Waals surface area contributed by atoms with Crippen LogP contribution >= 0.6 is 11.6 Å². The highest BCUT2D eigenvalue weighted by atomic mass is 35.5. The number of carbonyl (C=O) groups is 2. The van der Waals surface area contributed by atoms with Gasteiger partial charge in [0.1, 0.15) is 5.60 Å². The first-order valence-corrected chi connectivity index (χ1v) is 5.55. The van der Waals surface area contributed by atoms with Crippen LogP contribution in [-0.4, -0.2) is 28.9 Å². The first kappa shape index (κ1) is 14.3. The van der Waals surface area contributed by atoms with Crippen LogP contribution in [0.15, 0.2) is 10.6 Å². The molecule has 0 spiro atoms. The van der Waals surface area contributed by atoms with E-state index in [1.54, 1.807) is 20.8 Å². The van der Waals surface area contributed by atoms with Crippen molar-refractivity contribution >= 4 is 29.5 Å². The number of alkyl halides is 1. The van der Waals surface area contributed by atoms with Gasteiger partial charge in [0.15, 0.2) is 11.8 Å². The van der Waals surface area contributed by atoms with Crippen molar-refractivity contribution in [2.24, 2.45) is 0 Å². The molecule has 0 radical (unpaired) electrons. The van der Waals surface area contributed by atoms with Crippen molar-refractivity contribution in [2.45, 2.75) is 26.4 Å². The number of nitrogens with zero attached hydrogens (tertiary/aromatic N) is 1. The van der Waals surface area contributed by atoms with E-state index >= 15 is 0 Å². The maximum absolute atomic E-state index is 11.4. The molecular formula is C10H13ClN2O5. The molecule has 0 unspecified atom stereocenters. The number of amides is 1. The minimum atomic E-state index is -0.744. The zero-order valence-electron chi connectivity index (χ0n) is 10.2. The second-order valence-electron chi connectivity index (χ2n) is 4.24. The molecule has 1 rings (SSSR count). The summed E-state index contributed by atoms with van der Waals surface area (Å²) < 4.78 is 14.2. The molecule has 1 heterocycles. The maximum Gasteiger partial charge on any atom is 0.414 e. The summed E-state index contributed by atoms with van der Waals surface area (Å²) in [4.78, 5) is 22.6. The van der Waals surface area contributed by atoms with Gasteiger partial charge < -0.3 is 14.0 Å². The topological polar surface area (TPSA) is 90.7 Å². The number of ether oxygens (including phenoxy) is 2. The van der Waals surface area contributed by atoms with E-state index in [9.17, 15) is 9.59 Å². The van der Waals surface area contributed by atoms with Gasteiger partial charge in [0.25, 0.3) is 0 Å². The van der Waals surface area contributed by atoms with E-state index < -0.39 is 17.7 Å². The quantitative estimate of drug-likeness (QED) is 0.673. The van der Waals surface area contributed by atoms with Crippen LogP contribution in [0.1, 0.15) is 31.3 Å². The number of anilines is 1. The molecule has 1 aromatic rings. The largest absolute Gasteiger partial charge is 0.445 e. The van der Waals surface area contributed by atoms with E-state index in [0.29, 0.717) is 0 Å². The third-order valence-corrected chi connectivity index (χ3v) is 1.64. The lowest BCUT2D eigenvalue weighted by molar-refractivity contribution is 0.0562. The fourth-order valence-electron chi connectivity index (χ4n) is 0.958. The second-order valence-corrected chi connectivity index (χ2v) is 4.46. The van der Waals surface area contributed by atoms with Crippen molar-refractivity contribution in [1.82, 2.24) is 5.16 Å². The molecule has 0 atom stereocenters. The van der Waals surface area contributed by atoms with Gasteiger partial charge in [-0.05, 0) is 20.8 Å². The van der Waals surface area contributed by atoms with Crippen LogP contribution in [0.2, 0.25) is 0 Å². The van der Waals surface area contributed by atoms with Crippen molar-refractivity contribution in [3.63, 3.8) is 0 Å². The Morgan fingerprint density at radius 1 is 1.50 bits per heavy atom. The van der Waals surface area contributed by atoms with E-state index in [4.69, 9.17) is 20.9 Å². The lowest BCUT2D eigenvalue weighted by Crippen LogP contribution is -2.27. The number of nitrogens with one attached hydrogen (secondary N) is 1. The molecule has 0 aliphatic rings. The number of aromatic nitrogens is 1. The molecule has 100 valence electrons. The summed E-state index contributed by atoms with van der Waals surface area (Å²) in [6, 6.07) is 0.916. The summed E-state index contributed by atoms with van der Waals surface area (Å²) in [6.45, 7) is 5.16. The fraction of sp³-hybridized carbons (Fsp3) is 0.500. The Labute approximate surface area is 108 Å². The molecule has 0 bridgehead atoms. The summed E-state index contributed by atoms with van der Waals surface area (Å²) in [5, 5.41) is 5.69. The first-order valence-electron chi connectivity index (χ1n) is 5.01. The van der Waals surface area contributed by atoms with Crippen LogP contribution in [0.25, 0.3) is 0 Å². The van der Waals surface area contributed by atoms with Crippen LogP contribution in [-0.2, 0) is 9.47 Å². The highest BCUT2D eigenvalue weighted by Crippen LogP contribution is 2.13. The summed E-state index contributed by atoms with van der Waals surface area (Å²) in [7, 11) is 0. The predicted octanol–water partition coefficient (Wildman–Crippen LogP) is 2.37. The van der Waals surface area contributed by atoms with Crippen molar-refractivity contribution in [1.29, 1.82) is 0 Å². The summed E-state index contributed by atoms with van der Waals surface area (Å²) in [5.74, 6) is -0.767. The third kappa shape index (κ3) is 4.62. The second kappa shape index (κ2) is 5.72. The van der Waals surface area contributed by atoms with Crippen LogP contribution in [0, 0.1) is 0 Å². The Kier molecular flexibility index (Phi) is 4.55. The van der Waals surface area contributed by atoms with E-state index in [1.165, 1.54) is 6.07 Å². The molecule has 0 fully saturated rings. The van der Waals surface area contributed by atoms with Gasteiger partial charge in [-0.2, -0.15) is 0 Å². The SMILES string of the molecule is CC(C)(C)OC(=O)Nc1cc(C(=O)OCCl)no1. The Morgan fingerprint density at radius 3 is 2.72 bits per heavy atom. The van der Waals surface area contributed by atoms with Crippen LogP contribution < -0.4 is 5.32 Å². The van der Waals surface area contributed by atoms with Gasteiger partial charge in [0.05, 0.1) is 0 Å². The molecule has 0 saturated carbocycles. The zero-order chi connectivity index (χ0) is 13.8. The molecule has 0 aliphatic heterocycles. The van der Waals surface area contributed by atoms with E-state index in [1.807, 2.05) is 0 Å². The molecular weight excluding hydrogens is 264 g/mol. The summed E-state index contributed by atoms with van der Waals surface area (Å²) >= 11 is 5.22. The molecule has 7 nitrogen and oxygen atoms in total. The van der Waals surface area contributed by atoms with Gasteiger partial charge in [0.2, 0.25) is 5.88 Å². The molecule has 0 aliphatic carbocycles. The van der Waals surface area contributed by atoms with Crippen molar-refractivity contribution in [3.8, 4) is 0 Å². The number of rotatable bonds is 3. The number of esters is 1. The van der Waals surface area contributed by atoms with E-state index in [2.05, 4.69) is 15.2 Å². The monoisotopic (exact) mass is 276 g/mol. The van der Waals surface area contributed by atoms with Crippen LogP contribution in [0.5, 0.6) is 0 Å². The molecule has 0 saturated heterocycles. The van der Waals surface area contributed by atoms with E-state index in [0.717, 1.165) is 0 Å². The molecule has 18 heavy (non-hydrogen) atoms. The highest BCUT2D eigenvalue weighted by Gasteiger charge is 2.19. The Hall–Kier alpha value is -1.76. The molecule has 0 aromatic carbocycles. The number of hydrogen-bond donors (Lipinski definition) is 1. The van der Waals surface area contributed by atoms with Crippen molar-refractivity contribution in [3.05, 3.63) is 11.8 Å². The minimum Gasteiger partial charge on any atom is -0.445 e. The first-order chi connectivity index (χ1) is 8.31. The fourth-order valence-corrected chi connectivity index (χ4v) is 1.06. The lowest BCUT2D eigenvalue weighted by atomic mass is 10.2. The highest BCUT2D eigenvalue weighted by molar-refractivity contribution is 6.17. The average molecular weight is 277 g/mol. The van der Waals surface area contributed by atoms with Crippen molar-refractivity contribution in [2.75, 3.05) is 11.4 Å². The number of hydrogen-bond acceptors (Lipinski definition) is 6. The molecule has 1 aromatic heterocycles. The molecule has 1 N–H and O–H groups in total. The van der Waals surface area contributed by atoms with Gasteiger partial charge >= 0.3 is 12.1 Å². The van der Waals surface area contributed by atoms with Gasteiger partial charge in [0, 0.05) is 6.07 Å². The van der Waals surface area contributed by atoms with Gasteiger partial charge in [-0.25, -0.2) is 9.59 Å². The number of halogens is 1. The van der Waals surface area contributed by atoms with Crippen LogP contribution in [0.4, 0.5) is 10.7 Å². The van der Waals surface area contributed by atoms with Gasteiger partial charge in [-0.15, -0.1) is 0 Å². The standard InChI is InChI=1S/C10H13ClN2O5/c1-10(2,3)17-9(15)12-7-4-6(13-18-7)8(14)16-5-11/h4H,5H2,1-3H3,(H,12,15). The third-order valence-electron chi connectivity index (χ3n) is 1.53. The van der Waals surface area contributed by atoms with Crippen molar-refractivity contribution < 1.29 is 23.6 Å². The molecule has 8 heteroatoms. The Balaban J connectivity index is 2.59. The van der Waals surface area contributed by atoms with Crippen LogP contribution in [0.3, 0.4) is 0 Å². The van der Waals surface area contributed by atoms with E-state index in [-0.39, 0.29) is 17.6 Å². The predicted molar refractivity (Wildman–Crippen MR) is 62.5 cm³/mol. The maximum atomic E-state index is 11.4. The Morgan fingerprint density at radius 2 is 2.17 bits per heavy atom. The summed E-state index contributed by atoms with van der Waals surface area (Å²) in [6.07, 6.45) is -0.712. The summed E-state index contributed by atoms with van der Waals surface area (Å²) in [5.41, 5.74) is -0.730. The smallest absolute Gasteiger partial charge is 0.414 e. The normalized spacial score (nSPS) is 10.9. The average Bonchev–Trinajstić information content (AvgIpc) is 2.63.